The van der Waals surface area contributed by atoms with Crippen molar-refractivity contribution in [3.63, 3.8) is 0 Å². The van der Waals surface area contributed by atoms with Crippen molar-refractivity contribution in [2.45, 2.75) is 6.04 Å². The first kappa shape index (κ1) is 22.7. The van der Waals surface area contributed by atoms with Crippen LogP contribution in [0.3, 0.4) is 0 Å². The molecule has 0 aliphatic carbocycles. The van der Waals surface area contributed by atoms with E-state index in [1.165, 1.54) is 62.8 Å². The highest BCUT2D eigenvalue weighted by Gasteiger charge is 2.48. The van der Waals surface area contributed by atoms with Gasteiger partial charge in [0.2, 0.25) is 0 Å². The minimum Gasteiger partial charge on any atom is -0.507 e. The van der Waals surface area contributed by atoms with Crippen LogP contribution in [0.25, 0.3) is 5.76 Å². The molecule has 1 aliphatic rings. The fourth-order valence-electron chi connectivity index (χ4n) is 3.84. The largest absolute Gasteiger partial charge is 0.507 e. The molecule has 1 atom stereocenters. The van der Waals surface area contributed by atoms with Crippen LogP contribution in [0.15, 0.2) is 70.9 Å². The molecule has 9 heteroatoms. The normalized spacial score (nSPS) is 17.0. The smallest absolute Gasteiger partial charge is 0.337 e. The van der Waals surface area contributed by atoms with E-state index >= 15 is 0 Å². The molecule has 2 heterocycles. The van der Waals surface area contributed by atoms with Crippen LogP contribution < -0.4 is 14.4 Å². The number of aliphatic hydroxyl groups is 1. The van der Waals surface area contributed by atoms with Crippen LogP contribution in [0.4, 0.5) is 5.69 Å². The SMILES string of the molecule is COC(=O)c1ccc(N2C(=O)C(=O)/C(=C(\O)c3cc(OC)ccc3OC)C2c2ccco2)cc1. The van der Waals surface area contributed by atoms with Crippen molar-refractivity contribution >= 4 is 29.1 Å². The number of ketones is 1. The van der Waals surface area contributed by atoms with E-state index in [2.05, 4.69) is 0 Å². The number of hydrogen-bond donors (Lipinski definition) is 1. The van der Waals surface area contributed by atoms with Gasteiger partial charge in [0.15, 0.2) is 0 Å². The Balaban J connectivity index is 1.90. The number of nitrogens with zero attached hydrogens (tertiary/aromatic N) is 1. The number of ether oxygens (including phenoxy) is 3. The Morgan fingerprint density at radius 1 is 1.00 bits per heavy atom. The number of carbonyl (C=O) groups is 3. The van der Waals surface area contributed by atoms with Crippen molar-refractivity contribution in [3.8, 4) is 11.5 Å². The molecule has 0 spiro atoms. The van der Waals surface area contributed by atoms with Gasteiger partial charge in [-0.25, -0.2) is 4.79 Å². The number of esters is 1. The number of carbonyl (C=O) groups excluding carboxylic acids is 3. The second-order valence-corrected chi connectivity index (χ2v) is 7.29. The van der Waals surface area contributed by atoms with Crippen LogP contribution in [0.1, 0.15) is 27.7 Å². The zero-order chi connectivity index (χ0) is 24.4. The molecule has 1 fully saturated rings. The molecular weight excluding hydrogens is 442 g/mol. The Bertz CT molecular complexity index is 1270. The fourth-order valence-corrected chi connectivity index (χ4v) is 3.84. The van der Waals surface area contributed by atoms with Crippen molar-refractivity contribution in [2.24, 2.45) is 0 Å². The first-order valence-electron chi connectivity index (χ1n) is 10.2. The number of hydrogen-bond acceptors (Lipinski definition) is 8. The Kier molecular flexibility index (Phi) is 6.09. The van der Waals surface area contributed by atoms with Gasteiger partial charge in [-0.3, -0.25) is 14.5 Å². The average molecular weight is 463 g/mol. The Labute approximate surface area is 194 Å². The standard InChI is InChI=1S/C25H21NO8/c1-31-16-10-11-18(32-2)17(13-16)22(27)20-21(19-5-4-12-34-19)26(24(29)23(20)28)15-8-6-14(7-9-15)25(30)33-3/h4-13,21,27H,1-3H3/b22-20-. The summed E-state index contributed by atoms with van der Waals surface area (Å²) in [5.74, 6) is -1.78. The van der Waals surface area contributed by atoms with Crippen molar-refractivity contribution in [2.75, 3.05) is 26.2 Å². The molecule has 2 aromatic carbocycles. The quantitative estimate of drug-likeness (QED) is 0.255. The van der Waals surface area contributed by atoms with E-state index in [1.54, 1.807) is 24.3 Å². The summed E-state index contributed by atoms with van der Waals surface area (Å²) in [6.07, 6.45) is 1.40. The van der Waals surface area contributed by atoms with Crippen molar-refractivity contribution in [1.82, 2.24) is 0 Å². The summed E-state index contributed by atoms with van der Waals surface area (Å²) in [5, 5.41) is 11.3. The lowest BCUT2D eigenvalue weighted by molar-refractivity contribution is -0.132. The molecule has 4 rings (SSSR count). The fraction of sp³-hybridized carbons (Fsp3) is 0.160. The van der Waals surface area contributed by atoms with E-state index in [4.69, 9.17) is 18.6 Å². The number of amides is 1. The first-order valence-corrected chi connectivity index (χ1v) is 10.2. The van der Waals surface area contributed by atoms with Crippen LogP contribution in [0.5, 0.6) is 11.5 Å². The van der Waals surface area contributed by atoms with Gasteiger partial charge in [-0.1, -0.05) is 0 Å². The molecule has 1 N–H and O–H groups in total. The molecule has 1 amide bonds. The third kappa shape index (κ3) is 3.77. The first-order chi connectivity index (χ1) is 16.4. The van der Waals surface area contributed by atoms with E-state index in [0.717, 1.165) is 0 Å². The summed E-state index contributed by atoms with van der Waals surface area (Å²) >= 11 is 0. The maximum absolute atomic E-state index is 13.2. The summed E-state index contributed by atoms with van der Waals surface area (Å²) in [6.45, 7) is 0. The zero-order valence-electron chi connectivity index (χ0n) is 18.6. The van der Waals surface area contributed by atoms with Crippen molar-refractivity contribution < 1.29 is 38.1 Å². The number of benzene rings is 2. The van der Waals surface area contributed by atoms with Gasteiger partial charge in [0, 0.05) is 5.69 Å². The maximum Gasteiger partial charge on any atom is 0.337 e. The Morgan fingerprint density at radius 3 is 2.32 bits per heavy atom. The number of methoxy groups -OCH3 is 3. The predicted molar refractivity (Wildman–Crippen MR) is 121 cm³/mol. The molecule has 0 saturated carbocycles. The minimum absolute atomic E-state index is 0.177. The van der Waals surface area contributed by atoms with Crippen molar-refractivity contribution in [1.29, 1.82) is 0 Å². The second kappa shape index (κ2) is 9.14. The molecule has 1 saturated heterocycles. The number of rotatable bonds is 6. The van der Waals surface area contributed by atoms with Gasteiger partial charge in [-0.05, 0) is 54.6 Å². The highest BCUT2D eigenvalue weighted by molar-refractivity contribution is 6.51. The number of Topliss-reactive ketones (excluding diaryl/α,β-unsaturated/α-hetero) is 1. The molecule has 0 radical (unpaired) electrons. The maximum atomic E-state index is 13.2. The topological polar surface area (TPSA) is 116 Å². The monoisotopic (exact) mass is 463 g/mol. The lowest BCUT2D eigenvalue weighted by atomic mass is 9.98. The van der Waals surface area contributed by atoms with E-state index < -0.39 is 29.5 Å². The summed E-state index contributed by atoms with van der Waals surface area (Å²) < 4.78 is 20.8. The zero-order valence-corrected chi connectivity index (χ0v) is 18.6. The number of aliphatic hydroxyl groups excluding tert-OH is 1. The van der Waals surface area contributed by atoms with E-state index in [9.17, 15) is 19.5 Å². The van der Waals surface area contributed by atoms with Crippen LogP contribution >= 0.6 is 0 Å². The molecule has 1 aliphatic heterocycles. The van der Waals surface area contributed by atoms with Crippen LogP contribution in [-0.2, 0) is 14.3 Å². The van der Waals surface area contributed by atoms with Gasteiger partial charge in [0.05, 0.1) is 44.3 Å². The Hall–Kier alpha value is -4.53. The number of anilines is 1. The molecular formula is C25H21NO8. The van der Waals surface area contributed by atoms with Gasteiger partial charge >= 0.3 is 5.97 Å². The molecule has 1 aromatic heterocycles. The van der Waals surface area contributed by atoms with Crippen molar-refractivity contribution in [3.05, 3.63) is 83.3 Å². The lowest BCUT2D eigenvalue weighted by Crippen LogP contribution is -2.29. The van der Waals surface area contributed by atoms with Gasteiger partial charge in [0.25, 0.3) is 11.7 Å². The molecule has 34 heavy (non-hydrogen) atoms. The highest BCUT2D eigenvalue weighted by atomic mass is 16.5. The third-order valence-electron chi connectivity index (χ3n) is 5.49. The van der Waals surface area contributed by atoms with Crippen LogP contribution in [0, 0.1) is 0 Å². The van der Waals surface area contributed by atoms with Gasteiger partial charge < -0.3 is 23.7 Å². The summed E-state index contributed by atoms with van der Waals surface area (Å²) in [4.78, 5) is 39.3. The summed E-state index contributed by atoms with van der Waals surface area (Å²) in [5.41, 5.74) is 0.604. The second-order valence-electron chi connectivity index (χ2n) is 7.29. The van der Waals surface area contributed by atoms with Gasteiger partial charge in [-0.15, -0.1) is 0 Å². The highest BCUT2D eigenvalue weighted by Crippen LogP contribution is 2.43. The van der Waals surface area contributed by atoms with Gasteiger partial charge in [0.1, 0.15) is 29.1 Å². The third-order valence-corrected chi connectivity index (χ3v) is 5.49. The summed E-state index contributed by atoms with van der Waals surface area (Å²) in [7, 11) is 4.15. The predicted octanol–water partition coefficient (Wildman–Crippen LogP) is 3.71. The van der Waals surface area contributed by atoms with Gasteiger partial charge in [-0.2, -0.15) is 0 Å². The Morgan fingerprint density at radius 2 is 1.74 bits per heavy atom. The van der Waals surface area contributed by atoms with E-state index in [1.807, 2.05) is 0 Å². The molecule has 174 valence electrons. The van der Waals surface area contributed by atoms with Crippen LogP contribution in [0.2, 0.25) is 0 Å². The summed E-state index contributed by atoms with van der Waals surface area (Å²) in [6, 6.07) is 12.9. The van der Waals surface area contributed by atoms with E-state index in [0.29, 0.717) is 11.4 Å². The van der Waals surface area contributed by atoms with Crippen LogP contribution in [-0.4, -0.2) is 44.1 Å². The molecule has 3 aromatic rings. The van der Waals surface area contributed by atoms with E-state index in [-0.39, 0.29) is 28.2 Å². The minimum atomic E-state index is -1.06. The molecule has 1 unspecified atom stereocenters. The average Bonchev–Trinajstić information content (AvgIpc) is 3.49. The lowest BCUT2D eigenvalue weighted by Gasteiger charge is -2.23. The molecule has 0 bridgehead atoms. The molecule has 9 nitrogen and oxygen atoms in total. The number of furan rings is 1.